The van der Waals surface area contributed by atoms with Gasteiger partial charge in [0.15, 0.2) is 0 Å². The van der Waals surface area contributed by atoms with E-state index in [1.54, 1.807) is 0 Å². The van der Waals surface area contributed by atoms with Crippen molar-refractivity contribution < 1.29 is 0 Å². The van der Waals surface area contributed by atoms with Crippen LogP contribution >= 0.6 is 11.6 Å². The molecule has 0 aliphatic heterocycles. The number of benzene rings is 2. The van der Waals surface area contributed by atoms with Crippen molar-refractivity contribution in [1.82, 2.24) is 9.88 Å². The highest BCUT2D eigenvalue weighted by atomic mass is 35.5. The van der Waals surface area contributed by atoms with Crippen LogP contribution in [-0.2, 0) is 6.54 Å². The van der Waals surface area contributed by atoms with Crippen molar-refractivity contribution in [3.05, 3.63) is 71.4 Å². The molecule has 0 fully saturated rings. The highest BCUT2D eigenvalue weighted by Crippen LogP contribution is 2.24. The quantitative estimate of drug-likeness (QED) is 0.317. The second-order valence-corrected chi connectivity index (χ2v) is 8.49. The fraction of sp³-hybridized carbons (Fsp3) is 0.423. The van der Waals surface area contributed by atoms with E-state index in [-0.39, 0.29) is 0 Å². The molecule has 0 unspecified atom stereocenters. The minimum absolute atomic E-state index is 0.725. The Kier molecular flexibility index (Phi) is 8.98. The van der Waals surface area contributed by atoms with E-state index in [0.29, 0.717) is 0 Å². The van der Waals surface area contributed by atoms with Crippen molar-refractivity contribution in [2.24, 2.45) is 5.92 Å². The van der Waals surface area contributed by atoms with E-state index in [4.69, 9.17) is 11.6 Å². The lowest BCUT2D eigenvalue weighted by Gasteiger charge is -2.26. The number of pyridine rings is 1. The topological polar surface area (TPSA) is 28.2 Å². The first kappa shape index (κ1) is 22.6. The summed E-state index contributed by atoms with van der Waals surface area (Å²) in [5.41, 5.74) is 3.48. The summed E-state index contributed by atoms with van der Waals surface area (Å²) < 4.78 is 0. The zero-order valence-electron chi connectivity index (χ0n) is 18.3. The van der Waals surface area contributed by atoms with Gasteiger partial charge in [-0.25, -0.2) is 0 Å². The van der Waals surface area contributed by atoms with Crippen LogP contribution in [0.1, 0.15) is 45.1 Å². The van der Waals surface area contributed by atoms with Crippen LogP contribution in [0.5, 0.6) is 0 Å². The predicted octanol–water partition coefficient (Wildman–Crippen LogP) is 7.02. The zero-order valence-corrected chi connectivity index (χ0v) is 19.0. The van der Waals surface area contributed by atoms with Gasteiger partial charge in [-0.2, -0.15) is 0 Å². The predicted molar refractivity (Wildman–Crippen MR) is 130 cm³/mol. The van der Waals surface area contributed by atoms with Gasteiger partial charge in [-0.1, -0.05) is 68.6 Å². The number of fused-ring (bicyclic) bond motifs is 1. The van der Waals surface area contributed by atoms with E-state index in [1.807, 2.05) is 30.5 Å². The van der Waals surface area contributed by atoms with Crippen LogP contribution in [0.3, 0.4) is 0 Å². The normalized spacial score (nSPS) is 11.5. The third-order valence-corrected chi connectivity index (χ3v) is 6.08. The minimum Gasteiger partial charge on any atom is -0.384 e. The van der Waals surface area contributed by atoms with E-state index in [1.165, 1.54) is 31.4 Å². The van der Waals surface area contributed by atoms with E-state index < -0.39 is 0 Å². The molecule has 3 aromatic rings. The molecule has 160 valence electrons. The molecule has 0 aliphatic rings. The third-order valence-electron chi connectivity index (χ3n) is 5.84. The van der Waals surface area contributed by atoms with Gasteiger partial charge in [0.1, 0.15) is 0 Å². The van der Waals surface area contributed by atoms with E-state index in [0.717, 1.165) is 53.6 Å². The van der Waals surface area contributed by atoms with Crippen LogP contribution in [0.15, 0.2) is 60.8 Å². The van der Waals surface area contributed by atoms with Crippen molar-refractivity contribution in [3.63, 3.8) is 0 Å². The van der Waals surface area contributed by atoms with Crippen LogP contribution in [0.25, 0.3) is 10.9 Å². The highest BCUT2D eigenvalue weighted by molar-refractivity contribution is 6.31. The molecule has 2 aromatic carbocycles. The van der Waals surface area contributed by atoms with Crippen molar-refractivity contribution in [3.8, 4) is 0 Å². The second-order valence-electron chi connectivity index (χ2n) is 8.06. The van der Waals surface area contributed by atoms with Crippen molar-refractivity contribution in [2.75, 3.05) is 25.0 Å². The average Bonchev–Trinajstić information content (AvgIpc) is 2.77. The monoisotopic (exact) mass is 423 g/mol. The Morgan fingerprint density at radius 1 is 1.00 bits per heavy atom. The van der Waals surface area contributed by atoms with Gasteiger partial charge in [-0.05, 0) is 55.1 Å². The summed E-state index contributed by atoms with van der Waals surface area (Å²) in [5, 5.41) is 5.44. The van der Waals surface area contributed by atoms with Gasteiger partial charge in [0, 0.05) is 41.9 Å². The summed E-state index contributed by atoms with van der Waals surface area (Å²) in [6.45, 7) is 8.95. The molecule has 0 saturated heterocycles. The first-order valence-electron chi connectivity index (χ1n) is 11.2. The Morgan fingerprint density at radius 3 is 2.57 bits per heavy atom. The number of hydrogen-bond acceptors (Lipinski definition) is 3. The molecule has 4 heteroatoms. The lowest BCUT2D eigenvalue weighted by atomic mass is 10.0. The number of rotatable bonds is 12. The maximum Gasteiger partial charge on any atom is 0.0737 e. The molecule has 30 heavy (non-hydrogen) atoms. The Labute approximate surface area is 186 Å². The Morgan fingerprint density at radius 2 is 1.80 bits per heavy atom. The summed E-state index contributed by atoms with van der Waals surface area (Å²) in [6, 6.07) is 18.8. The Balaban J connectivity index is 1.51. The molecule has 3 rings (SSSR count). The maximum absolute atomic E-state index is 6.10. The van der Waals surface area contributed by atoms with E-state index in [2.05, 4.69) is 59.4 Å². The van der Waals surface area contributed by atoms with E-state index in [9.17, 15) is 0 Å². The molecule has 0 spiro atoms. The molecular weight excluding hydrogens is 390 g/mol. The number of unbranched alkanes of at least 4 members (excludes halogenated alkanes) is 1. The van der Waals surface area contributed by atoms with Crippen molar-refractivity contribution in [2.45, 2.75) is 46.1 Å². The van der Waals surface area contributed by atoms with Crippen LogP contribution in [0.2, 0.25) is 5.02 Å². The number of nitrogens with zero attached hydrogens (tertiary/aromatic N) is 2. The van der Waals surface area contributed by atoms with Gasteiger partial charge < -0.3 is 5.32 Å². The number of hydrogen-bond donors (Lipinski definition) is 1. The standard InChI is InChI=1S/C26H34ClN3/c1-3-21(4-2)19-30(20-22-10-6-5-7-11-22)17-9-8-15-28-25-14-16-29-26-18-23(27)12-13-24(25)26/h5-7,10-14,16,18,21H,3-4,8-9,15,17,19-20H2,1-2H3,(H,28,29). The number of nitrogens with one attached hydrogen (secondary N) is 1. The minimum atomic E-state index is 0.725. The largest absolute Gasteiger partial charge is 0.384 e. The van der Waals surface area contributed by atoms with E-state index >= 15 is 0 Å². The van der Waals surface area contributed by atoms with Crippen molar-refractivity contribution >= 4 is 28.2 Å². The fourth-order valence-corrected chi connectivity index (χ4v) is 4.11. The SMILES string of the molecule is CCC(CC)CN(CCCCNc1ccnc2cc(Cl)ccc12)Cc1ccccc1. The molecular formula is C26H34ClN3. The number of halogens is 1. The molecule has 0 atom stereocenters. The number of aromatic nitrogens is 1. The second kappa shape index (κ2) is 11.9. The molecule has 1 N–H and O–H groups in total. The van der Waals surface area contributed by atoms with Gasteiger partial charge in [-0.15, -0.1) is 0 Å². The van der Waals surface area contributed by atoms with Crippen LogP contribution in [0.4, 0.5) is 5.69 Å². The Hall–Kier alpha value is -2.10. The number of anilines is 1. The first-order chi connectivity index (χ1) is 14.7. The molecule has 3 nitrogen and oxygen atoms in total. The van der Waals surface area contributed by atoms with Crippen LogP contribution in [-0.4, -0.2) is 29.5 Å². The summed E-state index contributed by atoms with van der Waals surface area (Å²) in [6.07, 6.45) is 6.68. The summed E-state index contributed by atoms with van der Waals surface area (Å²) in [4.78, 5) is 7.06. The third kappa shape index (κ3) is 6.72. The lowest BCUT2D eigenvalue weighted by Crippen LogP contribution is -2.30. The molecule has 0 bridgehead atoms. The lowest BCUT2D eigenvalue weighted by molar-refractivity contribution is 0.212. The van der Waals surface area contributed by atoms with Gasteiger partial charge >= 0.3 is 0 Å². The molecule has 0 saturated carbocycles. The average molecular weight is 424 g/mol. The summed E-state index contributed by atoms with van der Waals surface area (Å²) in [7, 11) is 0. The van der Waals surface area contributed by atoms with Crippen LogP contribution in [0, 0.1) is 5.92 Å². The molecule has 0 amide bonds. The molecule has 0 aliphatic carbocycles. The van der Waals surface area contributed by atoms with Gasteiger partial charge in [0.25, 0.3) is 0 Å². The maximum atomic E-state index is 6.10. The van der Waals surface area contributed by atoms with Gasteiger partial charge in [-0.3, -0.25) is 9.88 Å². The highest BCUT2D eigenvalue weighted by Gasteiger charge is 2.12. The zero-order chi connectivity index (χ0) is 21.2. The first-order valence-corrected chi connectivity index (χ1v) is 11.6. The molecule has 0 radical (unpaired) electrons. The van der Waals surface area contributed by atoms with Gasteiger partial charge in [0.05, 0.1) is 5.52 Å². The molecule has 1 heterocycles. The summed E-state index contributed by atoms with van der Waals surface area (Å²) >= 11 is 6.10. The summed E-state index contributed by atoms with van der Waals surface area (Å²) in [5.74, 6) is 0.779. The smallest absolute Gasteiger partial charge is 0.0737 e. The Bertz CT molecular complexity index is 893. The van der Waals surface area contributed by atoms with Crippen LogP contribution < -0.4 is 5.32 Å². The fourth-order valence-electron chi connectivity index (χ4n) is 3.95. The van der Waals surface area contributed by atoms with Crippen molar-refractivity contribution in [1.29, 1.82) is 0 Å². The van der Waals surface area contributed by atoms with Gasteiger partial charge in [0.2, 0.25) is 0 Å². The molecule has 1 aromatic heterocycles.